The molecule has 1 saturated heterocycles. The SMILES string of the molecule is Cc1nc2ccccn2c1C(O)=C1C(=O)C(=O)N(CCCn2ccnc2)C1c1ccc(Br)cc1. The molecule has 9 heteroatoms. The number of nitrogens with zero attached hydrogens (tertiary/aromatic N) is 5. The fourth-order valence-corrected chi connectivity index (χ4v) is 4.74. The van der Waals surface area contributed by atoms with Gasteiger partial charge in [-0.05, 0) is 43.2 Å². The largest absolute Gasteiger partial charge is 0.505 e. The van der Waals surface area contributed by atoms with Crippen molar-refractivity contribution in [1.29, 1.82) is 0 Å². The lowest BCUT2D eigenvalue weighted by atomic mass is 9.96. The van der Waals surface area contributed by atoms with Crippen LogP contribution >= 0.6 is 15.9 Å². The molecule has 0 aliphatic carbocycles. The highest BCUT2D eigenvalue weighted by Gasteiger charge is 2.46. The predicted molar refractivity (Wildman–Crippen MR) is 130 cm³/mol. The maximum Gasteiger partial charge on any atom is 0.295 e. The summed E-state index contributed by atoms with van der Waals surface area (Å²) >= 11 is 3.44. The fraction of sp³-hybridized carbons (Fsp3) is 0.200. The number of aliphatic hydroxyl groups excluding tert-OH is 1. The molecular formula is C25H22BrN5O3. The minimum absolute atomic E-state index is 0.0729. The van der Waals surface area contributed by atoms with Crippen molar-refractivity contribution in [3.63, 3.8) is 0 Å². The van der Waals surface area contributed by atoms with Crippen LogP contribution in [0, 0.1) is 6.92 Å². The summed E-state index contributed by atoms with van der Waals surface area (Å²) in [5.41, 5.74) is 2.46. The molecule has 1 N–H and O–H groups in total. The third-order valence-electron chi connectivity index (χ3n) is 6.03. The van der Waals surface area contributed by atoms with Crippen LogP contribution in [0.15, 0.2) is 77.4 Å². The van der Waals surface area contributed by atoms with Crippen molar-refractivity contribution >= 4 is 39.0 Å². The summed E-state index contributed by atoms with van der Waals surface area (Å²) in [6.45, 7) is 2.78. The number of hydrogen-bond acceptors (Lipinski definition) is 5. The van der Waals surface area contributed by atoms with E-state index in [1.807, 2.05) is 53.2 Å². The van der Waals surface area contributed by atoms with Crippen LogP contribution in [0.2, 0.25) is 0 Å². The van der Waals surface area contributed by atoms with Gasteiger partial charge in [0, 0.05) is 36.2 Å². The number of halogens is 1. The number of fused-ring (bicyclic) bond motifs is 1. The monoisotopic (exact) mass is 519 g/mol. The van der Waals surface area contributed by atoms with Crippen molar-refractivity contribution in [2.24, 2.45) is 0 Å². The van der Waals surface area contributed by atoms with Gasteiger partial charge in [0.1, 0.15) is 11.3 Å². The standard InChI is InChI=1S/C25H22BrN5O3/c1-16-21(30-12-3-2-5-19(30)28-16)23(32)20-22(17-6-8-18(26)9-7-17)31(25(34)24(20)33)13-4-11-29-14-10-27-15-29/h2-3,5-10,12,14-15,22,32H,4,11,13H2,1H3. The van der Waals surface area contributed by atoms with Crippen molar-refractivity contribution in [2.75, 3.05) is 6.54 Å². The van der Waals surface area contributed by atoms with Gasteiger partial charge >= 0.3 is 0 Å². The molecule has 1 atom stereocenters. The molecule has 4 aromatic rings. The number of rotatable bonds is 6. The van der Waals surface area contributed by atoms with Crippen LogP contribution in [-0.2, 0) is 16.1 Å². The Labute approximate surface area is 204 Å². The summed E-state index contributed by atoms with van der Waals surface area (Å²) in [5, 5.41) is 11.5. The zero-order valence-corrected chi connectivity index (χ0v) is 20.0. The van der Waals surface area contributed by atoms with Gasteiger partial charge in [-0.1, -0.05) is 34.1 Å². The van der Waals surface area contributed by atoms with Gasteiger partial charge in [0.05, 0.1) is 23.6 Å². The topological polar surface area (TPSA) is 92.7 Å². The van der Waals surface area contributed by atoms with Gasteiger partial charge in [0.15, 0.2) is 5.76 Å². The van der Waals surface area contributed by atoms with E-state index in [-0.39, 0.29) is 11.3 Å². The van der Waals surface area contributed by atoms with E-state index in [0.717, 1.165) is 10.0 Å². The molecule has 172 valence electrons. The number of Topliss-reactive ketones (excluding diaryl/α,β-unsaturated/α-hetero) is 1. The maximum absolute atomic E-state index is 13.3. The number of aryl methyl sites for hydroxylation is 2. The van der Waals surface area contributed by atoms with E-state index in [0.29, 0.717) is 36.5 Å². The summed E-state index contributed by atoms with van der Waals surface area (Å²) in [6.07, 6.45) is 7.68. The minimum Gasteiger partial charge on any atom is -0.505 e. The smallest absolute Gasteiger partial charge is 0.295 e. The number of carbonyl (C=O) groups is 2. The van der Waals surface area contributed by atoms with Crippen molar-refractivity contribution in [3.8, 4) is 0 Å². The summed E-state index contributed by atoms with van der Waals surface area (Å²) < 4.78 is 4.54. The second-order valence-corrected chi connectivity index (χ2v) is 9.09. The summed E-state index contributed by atoms with van der Waals surface area (Å²) in [6, 6.07) is 12.2. The van der Waals surface area contributed by atoms with Crippen LogP contribution < -0.4 is 0 Å². The number of aliphatic hydroxyl groups is 1. The Balaban J connectivity index is 1.60. The molecule has 1 aromatic carbocycles. The molecule has 0 saturated carbocycles. The number of aromatic nitrogens is 4. The van der Waals surface area contributed by atoms with Crippen molar-refractivity contribution in [3.05, 3.63) is 94.4 Å². The highest BCUT2D eigenvalue weighted by Crippen LogP contribution is 2.40. The Morgan fingerprint density at radius 3 is 2.62 bits per heavy atom. The Kier molecular flexibility index (Phi) is 5.79. The Morgan fingerprint density at radius 1 is 1.09 bits per heavy atom. The zero-order chi connectivity index (χ0) is 23.8. The number of ketones is 1. The van der Waals surface area contributed by atoms with Crippen molar-refractivity contribution in [1.82, 2.24) is 23.8 Å². The van der Waals surface area contributed by atoms with E-state index < -0.39 is 17.7 Å². The van der Waals surface area contributed by atoms with Crippen LogP contribution in [0.3, 0.4) is 0 Å². The third-order valence-corrected chi connectivity index (χ3v) is 6.56. The molecule has 34 heavy (non-hydrogen) atoms. The lowest BCUT2D eigenvalue weighted by Gasteiger charge is -2.25. The van der Waals surface area contributed by atoms with Gasteiger partial charge in [0.2, 0.25) is 0 Å². The quantitative estimate of drug-likeness (QED) is 0.235. The van der Waals surface area contributed by atoms with E-state index in [4.69, 9.17) is 0 Å². The summed E-state index contributed by atoms with van der Waals surface area (Å²) in [4.78, 5) is 36.5. The average molecular weight is 520 g/mol. The third kappa shape index (κ3) is 3.81. The van der Waals surface area contributed by atoms with Crippen LogP contribution in [0.1, 0.15) is 29.4 Å². The second kappa shape index (κ2) is 8.90. The van der Waals surface area contributed by atoms with Crippen molar-refractivity contribution < 1.29 is 14.7 Å². The molecule has 4 heterocycles. The zero-order valence-electron chi connectivity index (χ0n) is 18.4. The maximum atomic E-state index is 13.3. The number of carbonyl (C=O) groups excluding carboxylic acids is 2. The van der Waals surface area contributed by atoms with E-state index in [2.05, 4.69) is 25.9 Å². The van der Waals surface area contributed by atoms with Gasteiger partial charge in [-0.25, -0.2) is 9.97 Å². The first kappa shape index (κ1) is 22.1. The lowest BCUT2D eigenvalue weighted by Crippen LogP contribution is -2.31. The molecule has 0 bridgehead atoms. The molecule has 0 spiro atoms. The number of pyridine rings is 1. The molecule has 1 amide bonds. The molecule has 1 unspecified atom stereocenters. The summed E-state index contributed by atoms with van der Waals surface area (Å²) in [5.74, 6) is -1.54. The first-order chi connectivity index (χ1) is 16.5. The van der Waals surface area contributed by atoms with Gasteiger partial charge in [-0.3, -0.25) is 14.0 Å². The number of hydrogen-bond donors (Lipinski definition) is 1. The molecular weight excluding hydrogens is 498 g/mol. The highest BCUT2D eigenvalue weighted by atomic mass is 79.9. The van der Waals surface area contributed by atoms with E-state index in [1.54, 1.807) is 34.9 Å². The number of imidazole rings is 2. The molecule has 3 aromatic heterocycles. The predicted octanol–water partition coefficient (Wildman–Crippen LogP) is 4.11. The Hall–Kier alpha value is -3.72. The molecule has 8 nitrogen and oxygen atoms in total. The van der Waals surface area contributed by atoms with Crippen molar-refractivity contribution in [2.45, 2.75) is 25.9 Å². The first-order valence-corrected chi connectivity index (χ1v) is 11.7. The fourth-order valence-electron chi connectivity index (χ4n) is 4.47. The average Bonchev–Trinajstić information content (AvgIpc) is 3.52. The number of amides is 1. The van der Waals surface area contributed by atoms with Gasteiger partial charge in [0.25, 0.3) is 11.7 Å². The normalized spacial score (nSPS) is 17.7. The number of likely N-dealkylation sites (tertiary alicyclic amines) is 1. The van der Waals surface area contributed by atoms with E-state index in [9.17, 15) is 14.7 Å². The van der Waals surface area contributed by atoms with Crippen LogP contribution in [-0.4, -0.2) is 47.2 Å². The minimum atomic E-state index is -0.704. The molecule has 1 fully saturated rings. The van der Waals surface area contributed by atoms with E-state index in [1.165, 1.54) is 0 Å². The van der Waals surface area contributed by atoms with E-state index >= 15 is 0 Å². The van der Waals surface area contributed by atoms with Crippen LogP contribution in [0.5, 0.6) is 0 Å². The van der Waals surface area contributed by atoms with Gasteiger partial charge in [-0.15, -0.1) is 0 Å². The molecule has 1 aliphatic heterocycles. The number of benzene rings is 1. The first-order valence-electron chi connectivity index (χ1n) is 10.9. The lowest BCUT2D eigenvalue weighted by molar-refractivity contribution is -0.139. The molecule has 0 radical (unpaired) electrons. The van der Waals surface area contributed by atoms with Crippen LogP contribution in [0.25, 0.3) is 11.4 Å². The Morgan fingerprint density at radius 2 is 1.88 bits per heavy atom. The second-order valence-electron chi connectivity index (χ2n) is 8.17. The Bertz CT molecular complexity index is 1410. The highest BCUT2D eigenvalue weighted by molar-refractivity contribution is 9.10. The van der Waals surface area contributed by atoms with Gasteiger partial charge < -0.3 is 14.6 Å². The van der Waals surface area contributed by atoms with Crippen LogP contribution in [0.4, 0.5) is 0 Å². The summed E-state index contributed by atoms with van der Waals surface area (Å²) in [7, 11) is 0. The molecule has 1 aliphatic rings. The molecule has 5 rings (SSSR count). The van der Waals surface area contributed by atoms with Gasteiger partial charge in [-0.2, -0.15) is 0 Å².